The van der Waals surface area contributed by atoms with E-state index in [2.05, 4.69) is 27.6 Å². The second-order valence-electron chi connectivity index (χ2n) is 3.63. The Hall–Kier alpha value is -1.70. The van der Waals surface area contributed by atoms with Gasteiger partial charge in [0.05, 0.1) is 23.0 Å². The number of nitrogens with zero attached hydrogens (tertiary/aromatic N) is 1. The molecule has 0 unspecified atom stereocenters. The van der Waals surface area contributed by atoms with Gasteiger partial charge in [-0.25, -0.2) is 4.98 Å². The lowest BCUT2D eigenvalue weighted by molar-refractivity contribution is 0.100. The molecule has 1 heterocycles. The number of benzene rings is 1. The van der Waals surface area contributed by atoms with Crippen LogP contribution in [0.3, 0.4) is 0 Å². The molecule has 1 aromatic carbocycles. The quantitative estimate of drug-likeness (QED) is 0.639. The second kappa shape index (κ2) is 4.89. The lowest BCUT2D eigenvalue weighted by Crippen LogP contribution is -2.16. The minimum atomic E-state index is -0.776. The predicted octanol–water partition coefficient (Wildman–Crippen LogP) is 2.17. The molecule has 0 radical (unpaired) electrons. The van der Waals surface area contributed by atoms with Crippen LogP contribution in [-0.4, -0.2) is 10.9 Å². The maximum absolute atomic E-state index is 13.8. The van der Waals surface area contributed by atoms with Crippen molar-refractivity contribution in [2.45, 2.75) is 0 Å². The van der Waals surface area contributed by atoms with Crippen molar-refractivity contribution >= 4 is 34.2 Å². The first-order chi connectivity index (χ1) is 8.50. The maximum Gasteiger partial charge on any atom is 0.251 e. The van der Waals surface area contributed by atoms with Crippen molar-refractivity contribution in [2.75, 3.05) is 5.73 Å². The Kier molecular flexibility index (Phi) is 3.46. The summed E-state index contributed by atoms with van der Waals surface area (Å²) in [7, 11) is 0. The predicted molar refractivity (Wildman–Crippen MR) is 75.3 cm³/mol. The second-order valence-corrected chi connectivity index (χ2v) is 4.87. The van der Waals surface area contributed by atoms with Gasteiger partial charge in [0.1, 0.15) is 0 Å². The number of halogens is 2. The molecule has 2 rings (SSSR count). The van der Waals surface area contributed by atoms with Gasteiger partial charge in [-0.05, 0) is 40.3 Å². The summed E-state index contributed by atoms with van der Waals surface area (Å²) in [6.07, 6.45) is 1.09. The van der Waals surface area contributed by atoms with Gasteiger partial charge in [0.15, 0.2) is 0 Å². The van der Waals surface area contributed by atoms with Crippen LogP contribution in [0, 0.1) is 9.52 Å². The van der Waals surface area contributed by atoms with E-state index in [0.717, 1.165) is 9.77 Å². The average molecular weight is 357 g/mol. The molecular weight excluding hydrogens is 348 g/mol. The van der Waals surface area contributed by atoms with Crippen LogP contribution < -0.4 is 11.5 Å². The smallest absolute Gasteiger partial charge is 0.251 e. The zero-order chi connectivity index (χ0) is 13.3. The van der Waals surface area contributed by atoms with E-state index >= 15 is 0 Å². The lowest BCUT2D eigenvalue weighted by atomic mass is 10.00. The van der Waals surface area contributed by atoms with Crippen LogP contribution in [-0.2, 0) is 0 Å². The molecule has 6 heteroatoms. The van der Waals surface area contributed by atoms with Crippen molar-refractivity contribution in [3.8, 4) is 11.1 Å². The van der Waals surface area contributed by atoms with Crippen molar-refractivity contribution in [3.05, 3.63) is 45.5 Å². The molecule has 0 atom stereocenters. The van der Waals surface area contributed by atoms with Gasteiger partial charge < -0.3 is 11.5 Å². The fourth-order valence-electron chi connectivity index (χ4n) is 1.65. The number of hydrogen-bond acceptors (Lipinski definition) is 3. The van der Waals surface area contributed by atoms with Gasteiger partial charge in [-0.15, -0.1) is 0 Å². The van der Waals surface area contributed by atoms with Crippen molar-refractivity contribution in [3.63, 3.8) is 0 Å². The maximum atomic E-state index is 13.8. The van der Waals surface area contributed by atoms with Crippen LogP contribution in [0.1, 0.15) is 10.4 Å². The van der Waals surface area contributed by atoms with Gasteiger partial charge in [-0.2, -0.15) is 4.39 Å². The molecule has 4 N–H and O–H groups in total. The molecule has 0 fully saturated rings. The van der Waals surface area contributed by atoms with Gasteiger partial charge in [0, 0.05) is 3.57 Å². The topological polar surface area (TPSA) is 82.0 Å². The molecule has 1 aromatic heterocycles. The number of nitrogens with two attached hydrogens (primary N) is 2. The highest BCUT2D eigenvalue weighted by Crippen LogP contribution is 2.29. The lowest BCUT2D eigenvalue weighted by Gasteiger charge is -2.10. The largest absolute Gasteiger partial charge is 0.397 e. The Labute approximate surface area is 116 Å². The fourth-order valence-corrected chi connectivity index (χ4v) is 2.01. The molecule has 1 amide bonds. The number of carbonyl (C=O) groups is 1. The highest BCUT2D eigenvalue weighted by atomic mass is 127. The highest BCUT2D eigenvalue weighted by Gasteiger charge is 2.19. The van der Waals surface area contributed by atoms with Crippen LogP contribution in [0.5, 0.6) is 0 Å². The number of rotatable bonds is 2. The third-order valence-corrected chi connectivity index (χ3v) is 3.16. The van der Waals surface area contributed by atoms with Gasteiger partial charge in [-0.3, -0.25) is 4.79 Å². The number of pyridine rings is 1. The summed E-state index contributed by atoms with van der Waals surface area (Å²) in [5, 5.41) is 0. The number of aromatic nitrogens is 1. The van der Waals surface area contributed by atoms with Crippen LogP contribution in [0.15, 0.2) is 30.5 Å². The standard InChI is InChI=1S/C12H9FIN3O/c13-11-9(6-1-3-7(14)4-2-6)10(12(16)18)8(15)5-17-11/h1-5H,15H2,(H2,16,18). The third kappa shape index (κ3) is 2.28. The van der Waals surface area contributed by atoms with Crippen molar-refractivity contribution in [1.82, 2.24) is 4.98 Å². The van der Waals surface area contributed by atoms with E-state index in [1.165, 1.54) is 0 Å². The number of carbonyl (C=O) groups excluding carboxylic acids is 1. The Morgan fingerprint density at radius 1 is 1.28 bits per heavy atom. The number of primary amides is 1. The first-order valence-corrected chi connectivity index (χ1v) is 6.08. The molecule has 18 heavy (non-hydrogen) atoms. The average Bonchev–Trinajstić information content (AvgIpc) is 2.32. The van der Waals surface area contributed by atoms with Crippen LogP contribution >= 0.6 is 22.6 Å². The molecular formula is C12H9FIN3O. The molecule has 92 valence electrons. The third-order valence-electron chi connectivity index (χ3n) is 2.44. The van der Waals surface area contributed by atoms with Crippen LogP contribution in [0.2, 0.25) is 0 Å². The number of anilines is 1. The summed E-state index contributed by atoms with van der Waals surface area (Å²) in [5.41, 5.74) is 11.4. The van der Waals surface area contributed by atoms with E-state index in [9.17, 15) is 9.18 Å². The van der Waals surface area contributed by atoms with E-state index in [-0.39, 0.29) is 16.8 Å². The summed E-state index contributed by atoms with van der Waals surface area (Å²) in [6.45, 7) is 0. The van der Waals surface area contributed by atoms with Crippen LogP contribution in [0.4, 0.5) is 10.1 Å². The molecule has 0 saturated carbocycles. The summed E-state index contributed by atoms with van der Waals surface area (Å²) in [6, 6.07) is 6.97. The molecule has 2 aromatic rings. The summed E-state index contributed by atoms with van der Waals surface area (Å²) in [4.78, 5) is 14.9. The van der Waals surface area contributed by atoms with E-state index in [0.29, 0.717) is 5.56 Å². The van der Waals surface area contributed by atoms with Gasteiger partial charge in [0.25, 0.3) is 5.91 Å². The molecule has 0 bridgehead atoms. The fraction of sp³-hybridized carbons (Fsp3) is 0. The number of nitrogen functional groups attached to an aromatic ring is 1. The molecule has 0 spiro atoms. The van der Waals surface area contributed by atoms with Gasteiger partial charge in [0.2, 0.25) is 5.95 Å². The van der Waals surface area contributed by atoms with E-state index in [1.54, 1.807) is 24.3 Å². The monoisotopic (exact) mass is 357 g/mol. The molecule has 0 aliphatic carbocycles. The molecule has 4 nitrogen and oxygen atoms in total. The van der Waals surface area contributed by atoms with Crippen LogP contribution in [0.25, 0.3) is 11.1 Å². The Morgan fingerprint density at radius 2 is 1.89 bits per heavy atom. The highest BCUT2D eigenvalue weighted by molar-refractivity contribution is 14.1. The molecule has 0 aliphatic rings. The van der Waals surface area contributed by atoms with E-state index < -0.39 is 11.9 Å². The summed E-state index contributed by atoms with van der Waals surface area (Å²) in [5.74, 6) is -1.54. The minimum absolute atomic E-state index is 0.0382. The number of amides is 1. The Bertz CT molecular complexity index is 613. The minimum Gasteiger partial charge on any atom is -0.397 e. The summed E-state index contributed by atoms with van der Waals surface area (Å²) >= 11 is 2.13. The van der Waals surface area contributed by atoms with Gasteiger partial charge in [-0.1, -0.05) is 12.1 Å². The first-order valence-electron chi connectivity index (χ1n) is 5.00. The zero-order valence-electron chi connectivity index (χ0n) is 9.15. The van der Waals surface area contributed by atoms with Crippen molar-refractivity contribution in [2.24, 2.45) is 5.73 Å². The SMILES string of the molecule is NC(=O)c1c(N)cnc(F)c1-c1ccc(I)cc1. The molecule has 0 saturated heterocycles. The van der Waals surface area contributed by atoms with Crippen molar-refractivity contribution < 1.29 is 9.18 Å². The van der Waals surface area contributed by atoms with E-state index in [1.807, 2.05) is 0 Å². The van der Waals surface area contributed by atoms with Crippen molar-refractivity contribution in [1.29, 1.82) is 0 Å². The Morgan fingerprint density at radius 3 is 2.44 bits per heavy atom. The van der Waals surface area contributed by atoms with E-state index in [4.69, 9.17) is 11.5 Å². The number of hydrogen-bond donors (Lipinski definition) is 2. The summed E-state index contributed by atoms with van der Waals surface area (Å²) < 4.78 is 14.8. The molecule has 0 aliphatic heterocycles. The Balaban J connectivity index is 2.73. The first kappa shape index (κ1) is 12.7. The zero-order valence-corrected chi connectivity index (χ0v) is 11.3. The van der Waals surface area contributed by atoms with Gasteiger partial charge >= 0.3 is 0 Å². The normalized spacial score (nSPS) is 10.3.